The highest BCUT2D eigenvalue weighted by molar-refractivity contribution is 5.95. The summed E-state index contributed by atoms with van der Waals surface area (Å²) in [5.74, 6) is -4.80. The van der Waals surface area contributed by atoms with E-state index in [-0.39, 0.29) is 6.42 Å². The Morgan fingerprint density at radius 3 is 2.52 bits per heavy atom. The van der Waals surface area contributed by atoms with Crippen molar-refractivity contribution in [3.05, 3.63) is 18.2 Å². The number of hydrogen-bond acceptors (Lipinski definition) is 7. The van der Waals surface area contributed by atoms with E-state index in [1.165, 1.54) is 24.3 Å². The highest BCUT2D eigenvalue weighted by Crippen LogP contribution is 2.18. The van der Waals surface area contributed by atoms with Gasteiger partial charge in [0.1, 0.15) is 18.1 Å². The van der Waals surface area contributed by atoms with Crippen LogP contribution in [-0.4, -0.2) is 85.5 Å². The molecule has 3 amide bonds. The maximum absolute atomic E-state index is 12.7. The van der Waals surface area contributed by atoms with Crippen LogP contribution in [0.25, 0.3) is 0 Å². The Balaban J connectivity index is 2.10. The minimum Gasteiger partial charge on any atom is -0.481 e. The van der Waals surface area contributed by atoms with Crippen LogP contribution in [-0.2, 0) is 30.4 Å². The summed E-state index contributed by atoms with van der Waals surface area (Å²) in [5, 5.41) is 23.1. The van der Waals surface area contributed by atoms with Crippen LogP contribution >= 0.6 is 0 Å². The number of aliphatic carboxylic acids is 2. The molecule has 170 valence electrons. The number of imidazole rings is 1. The van der Waals surface area contributed by atoms with Crippen LogP contribution in [0.1, 0.15) is 31.9 Å². The fourth-order valence-electron chi connectivity index (χ4n) is 3.31. The van der Waals surface area contributed by atoms with Gasteiger partial charge in [-0.1, -0.05) is 0 Å². The van der Waals surface area contributed by atoms with E-state index in [1.807, 2.05) is 0 Å². The van der Waals surface area contributed by atoms with E-state index in [0.29, 0.717) is 25.1 Å². The number of likely N-dealkylation sites (tertiary alicyclic amines) is 1. The van der Waals surface area contributed by atoms with Gasteiger partial charge in [-0.15, -0.1) is 0 Å². The molecule has 4 atom stereocenters. The molecule has 2 rings (SSSR count). The minimum atomic E-state index is -1.53. The zero-order valence-corrected chi connectivity index (χ0v) is 16.9. The predicted molar refractivity (Wildman–Crippen MR) is 104 cm³/mol. The lowest BCUT2D eigenvalue weighted by atomic mass is 10.1. The average Bonchev–Trinajstić information content (AvgIpc) is 3.37. The summed E-state index contributed by atoms with van der Waals surface area (Å²) in [4.78, 5) is 68.0. The van der Waals surface area contributed by atoms with Gasteiger partial charge in [-0.05, 0) is 19.8 Å². The van der Waals surface area contributed by atoms with Crippen LogP contribution in [0.15, 0.2) is 12.5 Å². The average molecular weight is 438 g/mol. The monoisotopic (exact) mass is 438 g/mol. The van der Waals surface area contributed by atoms with Crippen LogP contribution < -0.4 is 16.4 Å². The zero-order chi connectivity index (χ0) is 23.1. The Morgan fingerprint density at radius 1 is 1.26 bits per heavy atom. The number of aromatic nitrogens is 2. The molecule has 1 aliphatic heterocycles. The third-order valence-electron chi connectivity index (χ3n) is 4.83. The van der Waals surface area contributed by atoms with E-state index in [9.17, 15) is 29.1 Å². The maximum Gasteiger partial charge on any atom is 0.326 e. The SMILES string of the molecule is CC(N)C(=O)N1CCCC1C(=O)NC(CC(=O)O)C(=O)NC(Cc1cnc[nH]1)C(=O)O. The largest absolute Gasteiger partial charge is 0.481 e. The molecule has 31 heavy (non-hydrogen) atoms. The van der Waals surface area contributed by atoms with E-state index < -0.39 is 60.2 Å². The van der Waals surface area contributed by atoms with Crippen LogP contribution in [0.5, 0.6) is 0 Å². The Bertz CT molecular complexity index is 825. The van der Waals surface area contributed by atoms with Crippen molar-refractivity contribution in [1.82, 2.24) is 25.5 Å². The van der Waals surface area contributed by atoms with Gasteiger partial charge in [-0.25, -0.2) is 9.78 Å². The molecule has 1 aromatic rings. The Labute approximate surface area is 177 Å². The molecular weight excluding hydrogens is 412 g/mol. The first-order chi connectivity index (χ1) is 14.6. The van der Waals surface area contributed by atoms with E-state index in [2.05, 4.69) is 20.6 Å². The summed E-state index contributed by atoms with van der Waals surface area (Å²) in [6, 6.07) is -4.60. The second-order valence-corrected chi connectivity index (χ2v) is 7.32. The molecule has 7 N–H and O–H groups in total. The molecule has 0 bridgehead atoms. The van der Waals surface area contributed by atoms with Gasteiger partial charge in [0.2, 0.25) is 17.7 Å². The molecule has 1 saturated heterocycles. The van der Waals surface area contributed by atoms with Crippen molar-refractivity contribution >= 4 is 29.7 Å². The smallest absolute Gasteiger partial charge is 0.326 e. The number of H-pyrrole nitrogens is 1. The summed E-state index contributed by atoms with van der Waals surface area (Å²) in [6.45, 7) is 1.81. The Kier molecular flexibility index (Phi) is 8.07. The number of amides is 3. The lowest BCUT2D eigenvalue weighted by Gasteiger charge is -2.27. The van der Waals surface area contributed by atoms with Crippen molar-refractivity contribution in [3.8, 4) is 0 Å². The standard InChI is InChI=1S/C18H26N6O7/c1-9(19)17(29)24-4-2-3-13(24)16(28)22-11(6-14(25)26)15(27)23-12(18(30)31)5-10-7-20-8-21-10/h7-9,11-13H,2-6,19H2,1H3,(H,20,21)(H,22,28)(H,23,27)(H,25,26)(H,30,31). The second kappa shape index (κ2) is 10.5. The number of hydrogen-bond donors (Lipinski definition) is 6. The molecule has 0 aliphatic carbocycles. The summed E-state index contributed by atoms with van der Waals surface area (Å²) >= 11 is 0. The first-order valence-corrected chi connectivity index (χ1v) is 9.68. The van der Waals surface area contributed by atoms with Gasteiger partial charge >= 0.3 is 11.9 Å². The van der Waals surface area contributed by atoms with Crippen LogP contribution in [0.3, 0.4) is 0 Å². The minimum absolute atomic E-state index is 0.117. The molecule has 1 fully saturated rings. The highest BCUT2D eigenvalue weighted by Gasteiger charge is 2.37. The molecule has 13 nitrogen and oxygen atoms in total. The first kappa shape index (κ1) is 23.8. The molecular formula is C18H26N6O7. The molecule has 13 heteroatoms. The van der Waals surface area contributed by atoms with Gasteiger partial charge in [0.25, 0.3) is 0 Å². The van der Waals surface area contributed by atoms with E-state index in [0.717, 1.165) is 0 Å². The molecule has 4 unspecified atom stereocenters. The number of carboxylic acid groups (broad SMARTS) is 2. The van der Waals surface area contributed by atoms with Gasteiger partial charge in [0.15, 0.2) is 0 Å². The first-order valence-electron chi connectivity index (χ1n) is 9.68. The number of carbonyl (C=O) groups excluding carboxylic acids is 3. The highest BCUT2D eigenvalue weighted by atomic mass is 16.4. The number of rotatable bonds is 10. The fourth-order valence-corrected chi connectivity index (χ4v) is 3.31. The zero-order valence-electron chi connectivity index (χ0n) is 16.9. The van der Waals surface area contributed by atoms with Gasteiger partial charge in [0.05, 0.1) is 18.8 Å². The third kappa shape index (κ3) is 6.50. The van der Waals surface area contributed by atoms with Gasteiger partial charge in [0, 0.05) is 24.9 Å². The van der Waals surface area contributed by atoms with E-state index in [4.69, 9.17) is 10.8 Å². The number of nitrogens with two attached hydrogens (primary N) is 1. The quantitative estimate of drug-likeness (QED) is 0.234. The summed E-state index contributed by atoms with van der Waals surface area (Å²) in [7, 11) is 0. The molecule has 0 aromatic carbocycles. The van der Waals surface area contributed by atoms with Crippen molar-refractivity contribution < 1.29 is 34.2 Å². The maximum atomic E-state index is 12.7. The van der Waals surface area contributed by atoms with Crippen molar-refractivity contribution in [2.24, 2.45) is 5.73 Å². The molecule has 0 radical (unpaired) electrons. The predicted octanol–water partition coefficient (Wildman–Crippen LogP) is -2.18. The summed E-state index contributed by atoms with van der Waals surface area (Å²) in [6.07, 6.45) is 2.75. The van der Waals surface area contributed by atoms with Gasteiger partial charge < -0.3 is 36.5 Å². The normalized spacial score (nSPS) is 18.6. The number of carbonyl (C=O) groups is 5. The van der Waals surface area contributed by atoms with Crippen molar-refractivity contribution in [1.29, 1.82) is 0 Å². The number of nitrogens with zero attached hydrogens (tertiary/aromatic N) is 2. The second-order valence-electron chi connectivity index (χ2n) is 7.32. The number of carboxylic acids is 2. The van der Waals surface area contributed by atoms with Crippen molar-refractivity contribution in [2.45, 2.75) is 56.8 Å². The van der Waals surface area contributed by atoms with Crippen molar-refractivity contribution in [2.75, 3.05) is 6.54 Å². The molecule has 0 spiro atoms. The molecule has 1 aliphatic rings. The Morgan fingerprint density at radius 2 is 1.97 bits per heavy atom. The fraction of sp³-hybridized carbons (Fsp3) is 0.556. The third-order valence-corrected chi connectivity index (χ3v) is 4.83. The van der Waals surface area contributed by atoms with Gasteiger partial charge in [-0.3, -0.25) is 19.2 Å². The van der Waals surface area contributed by atoms with Crippen LogP contribution in [0, 0.1) is 0 Å². The topological polar surface area (TPSA) is 208 Å². The Hall–Kier alpha value is -3.48. The lowest BCUT2D eigenvalue weighted by molar-refractivity contribution is -0.144. The van der Waals surface area contributed by atoms with Crippen LogP contribution in [0.4, 0.5) is 0 Å². The molecule has 1 aromatic heterocycles. The summed E-state index contributed by atoms with van der Waals surface area (Å²) < 4.78 is 0. The number of nitrogens with one attached hydrogen (secondary N) is 3. The summed E-state index contributed by atoms with van der Waals surface area (Å²) in [5.41, 5.74) is 6.05. The lowest BCUT2D eigenvalue weighted by Crippen LogP contribution is -2.57. The number of aromatic amines is 1. The molecule has 0 saturated carbocycles. The molecule has 2 heterocycles. The van der Waals surface area contributed by atoms with Crippen LogP contribution in [0.2, 0.25) is 0 Å². The van der Waals surface area contributed by atoms with E-state index >= 15 is 0 Å². The van der Waals surface area contributed by atoms with E-state index in [1.54, 1.807) is 0 Å². The van der Waals surface area contributed by atoms with Gasteiger partial charge in [-0.2, -0.15) is 0 Å². The van der Waals surface area contributed by atoms with Crippen molar-refractivity contribution in [3.63, 3.8) is 0 Å².